The van der Waals surface area contributed by atoms with E-state index in [-0.39, 0.29) is 24.6 Å². The molecule has 1 aromatic carbocycles. The molecule has 1 aromatic rings. The molecule has 9 N–H and O–H groups in total. The van der Waals surface area contributed by atoms with E-state index in [9.17, 15) is 39.0 Å². The van der Waals surface area contributed by atoms with Gasteiger partial charge in [-0.25, -0.2) is 4.79 Å². The maximum atomic E-state index is 12.3. The second-order valence-electron chi connectivity index (χ2n) is 8.55. The van der Waals surface area contributed by atoms with Crippen LogP contribution in [0.25, 0.3) is 0 Å². The van der Waals surface area contributed by atoms with Gasteiger partial charge in [-0.2, -0.15) is 0 Å². The third-order valence-electron chi connectivity index (χ3n) is 5.08. The van der Waals surface area contributed by atoms with Gasteiger partial charge >= 0.3 is 5.97 Å². The van der Waals surface area contributed by atoms with Crippen LogP contribution in [0.1, 0.15) is 26.3 Å². The van der Waals surface area contributed by atoms with Gasteiger partial charge in [-0.15, -0.1) is 0 Å². The van der Waals surface area contributed by atoms with Crippen LogP contribution in [0.2, 0.25) is 0 Å². The number of aromatic hydroxyl groups is 1. The Kier molecular flexibility index (Phi) is 12.5. The zero-order valence-corrected chi connectivity index (χ0v) is 20.9. The molecule has 0 spiro atoms. The Morgan fingerprint density at radius 3 is 1.86 bits per heavy atom. The van der Waals surface area contributed by atoms with Gasteiger partial charge in [0.2, 0.25) is 29.5 Å². The number of amides is 5. The summed E-state index contributed by atoms with van der Waals surface area (Å²) in [5.74, 6) is -4.81. The molecule has 0 radical (unpaired) electrons. The summed E-state index contributed by atoms with van der Waals surface area (Å²) in [5.41, 5.74) is 5.81. The van der Waals surface area contributed by atoms with Gasteiger partial charge in [0.15, 0.2) is 0 Å². The van der Waals surface area contributed by atoms with E-state index < -0.39 is 66.7 Å². The second-order valence-corrected chi connectivity index (χ2v) is 8.55. The van der Waals surface area contributed by atoms with E-state index in [1.807, 2.05) is 0 Å². The van der Waals surface area contributed by atoms with E-state index in [1.165, 1.54) is 31.2 Å². The van der Waals surface area contributed by atoms with Gasteiger partial charge in [0.25, 0.3) is 0 Å². The van der Waals surface area contributed by atoms with E-state index >= 15 is 0 Å². The number of benzene rings is 1. The van der Waals surface area contributed by atoms with Crippen molar-refractivity contribution < 1.29 is 39.0 Å². The zero-order chi connectivity index (χ0) is 28.1. The number of nitrogens with two attached hydrogens (primary N) is 1. The number of carboxylic acids is 1. The SMILES string of the molecule is CC(C)[C@H](NC(=O)CN)C(=O)NCC(=O)N[C@@H](C)C(=O)NCC(=O)N[C@@H](Cc1ccc(O)cc1)C(=O)O. The minimum absolute atomic E-state index is 0.0155. The van der Waals surface area contributed by atoms with Gasteiger partial charge < -0.3 is 42.5 Å². The predicted octanol–water partition coefficient (Wildman–Crippen LogP) is -2.66. The van der Waals surface area contributed by atoms with E-state index in [2.05, 4.69) is 26.6 Å². The molecule has 3 atom stereocenters. The highest BCUT2D eigenvalue weighted by molar-refractivity contribution is 5.94. The van der Waals surface area contributed by atoms with Gasteiger partial charge in [0.1, 0.15) is 23.9 Å². The molecule has 0 unspecified atom stereocenters. The number of hydrogen-bond acceptors (Lipinski definition) is 8. The fourth-order valence-electron chi connectivity index (χ4n) is 3.04. The van der Waals surface area contributed by atoms with Crippen molar-refractivity contribution in [2.45, 2.75) is 45.3 Å². The molecule has 0 aliphatic carbocycles. The monoisotopic (exact) mass is 522 g/mol. The summed E-state index contributed by atoms with van der Waals surface area (Å²) >= 11 is 0. The molecule has 0 heterocycles. The van der Waals surface area contributed by atoms with E-state index in [0.717, 1.165) is 0 Å². The Balaban J connectivity index is 2.49. The molecular weight excluding hydrogens is 488 g/mol. The van der Waals surface area contributed by atoms with Crippen molar-refractivity contribution in [3.63, 3.8) is 0 Å². The van der Waals surface area contributed by atoms with Crippen LogP contribution in [0.5, 0.6) is 5.75 Å². The topological polar surface area (TPSA) is 229 Å². The summed E-state index contributed by atoms with van der Waals surface area (Å²) in [6.07, 6.45) is -0.0406. The number of carbonyl (C=O) groups is 6. The third-order valence-corrected chi connectivity index (χ3v) is 5.08. The molecule has 14 heteroatoms. The predicted molar refractivity (Wildman–Crippen MR) is 131 cm³/mol. The van der Waals surface area contributed by atoms with Crippen molar-refractivity contribution >= 4 is 35.5 Å². The maximum Gasteiger partial charge on any atom is 0.326 e. The first-order chi connectivity index (χ1) is 17.3. The minimum atomic E-state index is -1.28. The number of nitrogens with one attached hydrogen (secondary N) is 5. The third kappa shape index (κ3) is 11.4. The molecule has 1 rings (SSSR count). The largest absolute Gasteiger partial charge is 0.508 e. The van der Waals surface area contributed by atoms with Crippen molar-refractivity contribution in [1.82, 2.24) is 26.6 Å². The summed E-state index contributed by atoms with van der Waals surface area (Å²) in [6, 6.07) is 2.59. The zero-order valence-electron chi connectivity index (χ0n) is 20.9. The van der Waals surface area contributed by atoms with Crippen LogP contribution in [0, 0.1) is 5.92 Å². The van der Waals surface area contributed by atoms with Crippen molar-refractivity contribution in [1.29, 1.82) is 0 Å². The van der Waals surface area contributed by atoms with Crippen molar-refractivity contribution in [2.24, 2.45) is 11.7 Å². The highest BCUT2D eigenvalue weighted by Crippen LogP contribution is 2.11. The van der Waals surface area contributed by atoms with Crippen LogP contribution >= 0.6 is 0 Å². The lowest BCUT2D eigenvalue weighted by atomic mass is 10.0. The standard InChI is InChI=1S/C23H34N6O8/c1-12(2)20(29-17(31)9-24)22(35)26-10-18(32)27-13(3)21(34)25-11-19(33)28-16(23(36)37)8-14-4-6-15(30)7-5-14/h4-7,12-13,16,20,30H,8-11,24H2,1-3H3,(H,25,34)(H,26,35)(H,27,32)(H,28,33)(H,29,31)(H,36,37)/t13-,16-,20-/m0/s1. The summed E-state index contributed by atoms with van der Waals surface area (Å²) in [6.45, 7) is 3.47. The second kappa shape index (κ2) is 15.0. The molecule has 0 aliphatic rings. The summed E-state index contributed by atoms with van der Waals surface area (Å²) in [7, 11) is 0. The molecule has 0 aromatic heterocycles. The molecule has 14 nitrogen and oxygen atoms in total. The van der Waals surface area contributed by atoms with Crippen molar-refractivity contribution in [3.8, 4) is 5.75 Å². The Labute approximate surface area is 213 Å². The van der Waals surface area contributed by atoms with Crippen molar-refractivity contribution in [2.75, 3.05) is 19.6 Å². The highest BCUT2D eigenvalue weighted by Gasteiger charge is 2.25. The van der Waals surface area contributed by atoms with Crippen LogP contribution < -0.4 is 32.3 Å². The number of hydrogen-bond donors (Lipinski definition) is 8. The van der Waals surface area contributed by atoms with E-state index in [1.54, 1.807) is 13.8 Å². The molecular formula is C23H34N6O8. The number of phenols is 1. The van der Waals surface area contributed by atoms with Gasteiger partial charge in [-0.05, 0) is 30.5 Å². The van der Waals surface area contributed by atoms with E-state index in [0.29, 0.717) is 5.56 Å². The molecule has 204 valence electrons. The van der Waals surface area contributed by atoms with Crippen LogP contribution in [-0.4, -0.2) is 83.5 Å². The molecule has 0 aliphatic heterocycles. The summed E-state index contributed by atoms with van der Waals surface area (Å²) < 4.78 is 0. The normalized spacial score (nSPS) is 13.0. The van der Waals surface area contributed by atoms with Crippen LogP contribution in [0.15, 0.2) is 24.3 Å². The van der Waals surface area contributed by atoms with Gasteiger partial charge in [0.05, 0.1) is 19.6 Å². The average Bonchev–Trinajstić information content (AvgIpc) is 2.84. The fourth-order valence-corrected chi connectivity index (χ4v) is 3.04. The van der Waals surface area contributed by atoms with Crippen LogP contribution in [0.3, 0.4) is 0 Å². The molecule has 0 saturated carbocycles. The minimum Gasteiger partial charge on any atom is -0.508 e. The quantitative estimate of drug-likeness (QED) is 0.127. The molecule has 5 amide bonds. The summed E-state index contributed by atoms with van der Waals surface area (Å²) in [4.78, 5) is 71.7. The molecule has 0 fully saturated rings. The van der Waals surface area contributed by atoms with E-state index in [4.69, 9.17) is 5.73 Å². The molecule has 37 heavy (non-hydrogen) atoms. The molecule has 0 saturated heterocycles. The first-order valence-corrected chi connectivity index (χ1v) is 11.5. The Morgan fingerprint density at radius 2 is 1.35 bits per heavy atom. The Bertz CT molecular complexity index is 982. The first-order valence-electron chi connectivity index (χ1n) is 11.5. The number of aliphatic carboxylic acids is 1. The lowest BCUT2D eigenvalue weighted by Crippen LogP contribution is -2.54. The Hall–Kier alpha value is -4.20. The smallest absolute Gasteiger partial charge is 0.326 e. The first kappa shape index (κ1) is 30.8. The van der Waals surface area contributed by atoms with Gasteiger partial charge in [-0.1, -0.05) is 26.0 Å². The molecule has 0 bridgehead atoms. The fraction of sp³-hybridized carbons (Fsp3) is 0.478. The van der Waals surface area contributed by atoms with Crippen LogP contribution in [0.4, 0.5) is 0 Å². The lowest BCUT2D eigenvalue weighted by Gasteiger charge is -2.21. The van der Waals surface area contributed by atoms with Crippen LogP contribution in [-0.2, 0) is 35.2 Å². The Morgan fingerprint density at radius 1 is 0.811 bits per heavy atom. The average molecular weight is 523 g/mol. The highest BCUT2D eigenvalue weighted by atomic mass is 16.4. The summed E-state index contributed by atoms with van der Waals surface area (Å²) in [5, 5.41) is 30.4. The number of phenolic OH excluding ortho intramolecular Hbond substituents is 1. The van der Waals surface area contributed by atoms with Gasteiger partial charge in [0, 0.05) is 6.42 Å². The number of carboxylic acid groups (broad SMARTS) is 1. The number of carbonyl (C=O) groups excluding carboxylic acids is 5. The lowest BCUT2D eigenvalue weighted by molar-refractivity contribution is -0.141. The number of rotatable bonds is 14. The van der Waals surface area contributed by atoms with Gasteiger partial charge in [-0.3, -0.25) is 24.0 Å². The maximum absolute atomic E-state index is 12.3. The van der Waals surface area contributed by atoms with Crippen molar-refractivity contribution in [3.05, 3.63) is 29.8 Å².